The van der Waals surface area contributed by atoms with Gasteiger partial charge in [-0.1, -0.05) is 35.9 Å². The number of nitro benzene ring substituents is 1. The summed E-state index contributed by atoms with van der Waals surface area (Å²) in [4.78, 5) is 11.4. The number of benzene rings is 2. The Bertz CT molecular complexity index is 922. The fraction of sp³-hybridized carbons (Fsp3) is 0.364. The molecule has 0 aromatic heterocycles. The van der Waals surface area contributed by atoms with E-state index in [0.717, 1.165) is 23.2 Å². The Morgan fingerprint density at radius 2 is 1.73 bits per heavy atom. The largest absolute Gasteiger partial charge is 0.377 e. The average molecular weight is 348 g/mol. The van der Waals surface area contributed by atoms with Crippen molar-refractivity contribution in [2.75, 3.05) is 5.32 Å². The van der Waals surface area contributed by atoms with Crippen LogP contribution < -0.4 is 5.32 Å². The van der Waals surface area contributed by atoms with Gasteiger partial charge in [-0.25, -0.2) is 0 Å². The highest BCUT2D eigenvalue weighted by Crippen LogP contribution is 2.54. The third kappa shape index (κ3) is 2.44. The first-order valence-electron chi connectivity index (χ1n) is 9.17. The highest BCUT2D eigenvalue weighted by atomic mass is 16.6. The monoisotopic (exact) mass is 348 g/mol. The third-order valence-corrected chi connectivity index (χ3v) is 5.95. The molecule has 0 radical (unpaired) electrons. The molecule has 4 heteroatoms. The van der Waals surface area contributed by atoms with Crippen LogP contribution in [0.25, 0.3) is 0 Å². The molecule has 0 amide bonds. The maximum absolute atomic E-state index is 11.6. The molecule has 0 bridgehead atoms. The number of anilines is 1. The Balaban J connectivity index is 1.91. The summed E-state index contributed by atoms with van der Waals surface area (Å²) in [5.74, 6) is 0.403. The summed E-state index contributed by atoms with van der Waals surface area (Å²) in [5, 5.41) is 15.3. The molecule has 134 valence electrons. The molecule has 4 nitrogen and oxygen atoms in total. The normalized spacial score (nSPS) is 23.3. The van der Waals surface area contributed by atoms with E-state index in [1.165, 1.54) is 22.3 Å². The minimum atomic E-state index is -0.244. The second kappa shape index (κ2) is 5.97. The minimum absolute atomic E-state index is 0.0941. The Hall–Kier alpha value is -2.62. The Morgan fingerprint density at radius 1 is 1.04 bits per heavy atom. The van der Waals surface area contributed by atoms with Gasteiger partial charge >= 0.3 is 0 Å². The van der Waals surface area contributed by atoms with E-state index < -0.39 is 0 Å². The summed E-state index contributed by atoms with van der Waals surface area (Å²) in [6, 6.07) is 8.15. The molecule has 1 N–H and O–H groups in total. The van der Waals surface area contributed by atoms with Crippen molar-refractivity contribution in [1.29, 1.82) is 0 Å². The quantitative estimate of drug-likeness (QED) is 0.433. The first-order valence-corrected chi connectivity index (χ1v) is 9.17. The number of nitrogens with zero attached hydrogens (tertiary/aromatic N) is 1. The molecular weight excluding hydrogens is 324 g/mol. The first-order chi connectivity index (χ1) is 12.4. The van der Waals surface area contributed by atoms with Gasteiger partial charge in [0.15, 0.2) is 0 Å². The van der Waals surface area contributed by atoms with Crippen LogP contribution in [0, 0.1) is 43.7 Å². The molecule has 0 saturated carbocycles. The molecule has 1 heterocycles. The highest BCUT2D eigenvalue weighted by molar-refractivity contribution is 5.71. The van der Waals surface area contributed by atoms with E-state index in [-0.39, 0.29) is 22.6 Å². The zero-order valence-corrected chi connectivity index (χ0v) is 15.7. The van der Waals surface area contributed by atoms with Crippen LogP contribution in [0.2, 0.25) is 0 Å². The van der Waals surface area contributed by atoms with Crippen molar-refractivity contribution >= 4 is 11.4 Å². The fourth-order valence-electron chi connectivity index (χ4n) is 4.96. The summed E-state index contributed by atoms with van der Waals surface area (Å²) in [6.45, 7) is 8.50. The van der Waals surface area contributed by atoms with Crippen LogP contribution in [0.4, 0.5) is 11.4 Å². The van der Waals surface area contributed by atoms with Gasteiger partial charge in [-0.2, -0.15) is 0 Å². The average Bonchev–Trinajstić information content (AvgIpc) is 3.04. The van der Waals surface area contributed by atoms with E-state index in [0.29, 0.717) is 5.92 Å². The lowest BCUT2D eigenvalue weighted by Gasteiger charge is -2.39. The number of fused-ring (bicyclic) bond motifs is 3. The number of hydrogen-bond donors (Lipinski definition) is 1. The van der Waals surface area contributed by atoms with Gasteiger partial charge in [-0.3, -0.25) is 10.1 Å². The first kappa shape index (κ1) is 16.8. The molecule has 2 aromatic carbocycles. The van der Waals surface area contributed by atoms with Crippen molar-refractivity contribution < 1.29 is 4.92 Å². The number of hydrogen-bond acceptors (Lipinski definition) is 3. The van der Waals surface area contributed by atoms with Gasteiger partial charge in [0.1, 0.15) is 0 Å². The second-order valence-corrected chi connectivity index (χ2v) is 7.74. The number of aryl methyl sites for hydroxylation is 4. The SMILES string of the molecule is Cc1cc(C)c(C2Nc3c(C)ccc([N+](=O)[O-])c3C3C=CCC32)c(C)c1. The van der Waals surface area contributed by atoms with Crippen molar-refractivity contribution in [2.24, 2.45) is 5.92 Å². The number of nitrogens with one attached hydrogen (secondary N) is 1. The zero-order chi connectivity index (χ0) is 18.6. The van der Waals surface area contributed by atoms with Crippen molar-refractivity contribution in [1.82, 2.24) is 0 Å². The molecule has 4 rings (SSSR count). The number of allylic oxidation sites excluding steroid dienone is 2. The van der Waals surface area contributed by atoms with E-state index in [9.17, 15) is 10.1 Å². The molecule has 1 aliphatic carbocycles. The molecule has 2 aliphatic rings. The Morgan fingerprint density at radius 3 is 2.38 bits per heavy atom. The maximum Gasteiger partial charge on any atom is 0.275 e. The van der Waals surface area contributed by atoms with E-state index in [2.05, 4.69) is 50.4 Å². The molecule has 0 spiro atoms. The van der Waals surface area contributed by atoms with Crippen LogP contribution in [0.3, 0.4) is 0 Å². The molecule has 0 fully saturated rings. The molecule has 3 unspecified atom stereocenters. The molecule has 1 aliphatic heterocycles. The van der Waals surface area contributed by atoms with Crippen LogP contribution >= 0.6 is 0 Å². The van der Waals surface area contributed by atoms with Gasteiger partial charge < -0.3 is 5.32 Å². The lowest BCUT2D eigenvalue weighted by molar-refractivity contribution is -0.385. The molecule has 2 aromatic rings. The van der Waals surface area contributed by atoms with Gasteiger partial charge in [0, 0.05) is 17.7 Å². The van der Waals surface area contributed by atoms with Crippen molar-refractivity contribution in [3.63, 3.8) is 0 Å². The lowest BCUT2D eigenvalue weighted by Crippen LogP contribution is -2.31. The van der Waals surface area contributed by atoms with E-state index >= 15 is 0 Å². The van der Waals surface area contributed by atoms with Crippen molar-refractivity contribution in [3.8, 4) is 0 Å². The molecule has 3 atom stereocenters. The van der Waals surface area contributed by atoms with Gasteiger partial charge in [0.05, 0.1) is 16.5 Å². The molecule has 0 saturated heterocycles. The minimum Gasteiger partial charge on any atom is -0.377 e. The third-order valence-electron chi connectivity index (χ3n) is 5.95. The van der Waals surface area contributed by atoms with Crippen molar-refractivity contribution in [3.05, 3.63) is 79.9 Å². The lowest BCUT2D eigenvalue weighted by atomic mass is 9.74. The summed E-state index contributed by atoms with van der Waals surface area (Å²) in [5.41, 5.74) is 8.28. The summed E-state index contributed by atoms with van der Waals surface area (Å²) in [7, 11) is 0. The van der Waals surface area contributed by atoms with Crippen LogP contribution in [-0.2, 0) is 0 Å². The highest BCUT2D eigenvalue weighted by Gasteiger charge is 2.42. The number of nitro groups is 1. The number of rotatable bonds is 2. The van der Waals surface area contributed by atoms with Crippen LogP contribution in [-0.4, -0.2) is 4.92 Å². The van der Waals surface area contributed by atoms with E-state index in [1.54, 1.807) is 6.07 Å². The van der Waals surface area contributed by atoms with Crippen LogP contribution in [0.1, 0.15) is 51.8 Å². The molecule has 26 heavy (non-hydrogen) atoms. The topological polar surface area (TPSA) is 55.2 Å². The summed E-state index contributed by atoms with van der Waals surface area (Å²) < 4.78 is 0. The predicted molar refractivity (Wildman–Crippen MR) is 105 cm³/mol. The smallest absolute Gasteiger partial charge is 0.275 e. The van der Waals surface area contributed by atoms with E-state index in [4.69, 9.17) is 0 Å². The van der Waals surface area contributed by atoms with Gasteiger partial charge in [0.2, 0.25) is 0 Å². The van der Waals surface area contributed by atoms with Crippen molar-refractivity contribution in [2.45, 2.75) is 46.1 Å². The van der Waals surface area contributed by atoms with E-state index in [1.807, 2.05) is 13.0 Å². The van der Waals surface area contributed by atoms with Gasteiger partial charge in [-0.05, 0) is 62.3 Å². The Labute approximate surface area is 154 Å². The standard InChI is InChI=1S/C22H24N2O2/c1-12-10-14(3)19(15(4)11-12)22-17-7-5-6-16(17)20-18(24(25)26)9-8-13(2)21(20)23-22/h5-6,8-11,16-17,22-23H,7H2,1-4H3. The van der Waals surface area contributed by atoms with Crippen LogP contribution in [0.5, 0.6) is 0 Å². The molecular formula is C22H24N2O2. The van der Waals surface area contributed by atoms with Crippen LogP contribution in [0.15, 0.2) is 36.4 Å². The van der Waals surface area contributed by atoms with Gasteiger partial charge in [0.25, 0.3) is 5.69 Å². The Kier molecular flexibility index (Phi) is 3.87. The maximum atomic E-state index is 11.6. The fourth-order valence-corrected chi connectivity index (χ4v) is 4.96. The predicted octanol–water partition coefficient (Wildman–Crippen LogP) is 5.65. The summed E-state index contributed by atoms with van der Waals surface area (Å²) in [6.07, 6.45) is 5.30. The van der Waals surface area contributed by atoms with Gasteiger partial charge in [-0.15, -0.1) is 0 Å². The summed E-state index contributed by atoms with van der Waals surface area (Å²) >= 11 is 0. The second-order valence-electron chi connectivity index (χ2n) is 7.74. The zero-order valence-electron chi connectivity index (χ0n) is 15.7.